The van der Waals surface area contributed by atoms with E-state index < -0.39 is 6.03 Å². The molecule has 2 aliphatic rings. The molecule has 0 unspecified atom stereocenters. The van der Waals surface area contributed by atoms with Crippen LogP contribution >= 0.6 is 0 Å². The number of nitrogens with one attached hydrogen (secondary N) is 2. The fourth-order valence-electron chi connectivity index (χ4n) is 3.95. The van der Waals surface area contributed by atoms with Crippen LogP contribution in [-0.2, 0) is 4.79 Å². The van der Waals surface area contributed by atoms with Crippen LogP contribution in [0.5, 0.6) is 0 Å². The molecule has 3 amide bonds. The molecule has 0 atom stereocenters. The van der Waals surface area contributed by atoms with Crippen LogP contribution in [0.4, 0.5) is 10.5 Å². The molecule has 1 aromatic carbocycles. The number of benzene rings is 1. The highest BCUT2D eigenvalue weighted by Crippen LogP contribution is 2.41. The second-order valence-electron chi connectivity index (χ2n) is 7.64. The summed E-state index contributed by atoms with van der Waals surface area (Å²) in [5, 5.41) is 4.78. The smallest absolute Gasteiger partial charge is 0.326 e. The lowest BCUT2D eigenvalue weighted by atomic mass is 9.85. The molecular weight excluding hydrogens is 314 g/mol. The van der Waals surface area contributed by atoms with E-state index in [9.17, 15) is 9.59 Å². The number of hydrogen-bond acceptors (Lipinski definition) is 3. The van der Waals surface area contributed by atoms with Crippen LogP contribution < -0.4 is 15.5 Å². The van der Waals surface area contributed by atoms with E-state index in [2.05, 4.69) is 68.4 Å². The quantitative estimate of drug-likeness (QED) is 0.639. The first-order chi connectivity index (χ1) is 11.6. The molecule has 0 radical (unpaired) electrons. The van der Waals surface area contributed by atoms with Gasteiger partial charge in [-0.1, -0.05) is 6.08 Å². The van der Waals surface area contributed by atoms with Crippen molar-refractivity contribution < 1.29 is 9.59 Å². The lowest BCUT2D eigenvalue weighted by molar-refractivity contribution is -0.115. The van der Waals surface area contributed by atoms with Crippen molar-refractivity contribution in [2.24, 2.45) is 0 Å². The Morgan fingerprint density at radius 2 is 1.80 bits per heavy atom. The molecule has 2 N–H and O–H groups in total. The number of allylic oxidation sites excluding steroid dienone is 1. The molecule has 0 aromatic heterocycles. The summed E-state index contributed by atoms with van der Waals surface area (Å²) < 4.78 is 0. The topological polar surface area (TPSA) is 61.4 Å². The van der Waals surface area contributed by atoms with Crippen molar-refractivity contribution in [3.8, 4) is 0 Å². The van der Waals surface area contributed by atoms with Crippen molar-refractivity contribution in [2.45, 2.75) is 53.1 Å². The van der Waals surface area contributed by atoms with Gasteiger partial charge in [-0.15, -0.1) is 0 Å². The average molecular weight is 339 g/mol. The van der Waals surface area contributed by atoms with E-state index in [0.717, 1.165) is 16.7 Å². The molecule has 1 aromatic rings. The zero-order valence-corrected chi connectivity index (χ0v) is 15.7. The van der Waals surface area contributed by atoms with Crippen LogP contribution in [0.15, 0.2) is 23.9 Å². The minimum absolute atomic E-state index is 0.0585. The van der Waals surface area contributed by atoms with Crippen LogP contribution in [-0.4, -0.2) is 23.5 Å². The van der Waals surface area contributed by atoms with Gasteiger partial charge < -0.3 is 10.2 Å². The van der Waals surface area contributed by atoms with E-state index in [1.165, 1.54) is 11.3 Å². The SMILES string of the molecule is CC1=CC(C)(C)N(C(C)C)c2cc(C)c(/C=C3/NC(=O)NC3=O)cc21. The Morgan fingerprint density at radius 3 is 2.36 bits per heavy atom. The Kier molecular flexibility index (Phi) is 3.98. The molecule has 132 valence electrons. The van der Waals surface area contributed by atoms with Gasteiger partial charge in [0, 0.05) is 17.3 Å². The lowest BCUT2D eigenvalue weighted by Gasteiger charge is -2.46. The van der Waals surface area contributed by atoms with E-state index in [1.54, 1.807) is 6.08 Å². The number of nitrogens with zero attached hydrogens (tertiary/aromatic N) is 1. The predicted octanol–water partition coefficient (Wildman–Crippen LogP) is 3.59. The second kappa shape index (κ2) is 5.76. The number of fused-ring (bicyclic) bond motifs is 1. The fourth-order valence-corrected chi connectivity index (χ4v) is 3.95. The molecule has 2 aliphatic heterocycles. The van der Waals surface area contributed by atoms with Crippen molar-refractivity contribution in [2.75, 3.05) is 4.90 Å². The Morgan fingerprint density at radius 1 is 1.12 bits per heavy atom. The van der Waals surface area contributed by atoms with E-state index >= 15 is 0 Å². The maximum atomic E-state index is 11.8. The number of urea groups is 1. The van der Waals surface area contributed by atoms with Crippen molar-refractivity contribution in [3.05, 3.63) is 40.6 Å². The highest BCUT2D eigenvalue weighted by atomic mass is 16.2. The first-order valence-electron chi connectivity index (χ1n) is 8.58. The third-order valence-electron chi connectivity index (χ3n) is 4.80. The third-order valence-corrected chi connectivity index (χ3v) is 4.80. The highest BCUT2D eigenvalue weighted by molar-refractivity contribution is 6.14. The van der Waals surface area contributed by atoms with E-state index in [0.29, 0.717) is 6.04 Å². The van der Waals surface area contributed by atoms with Gasteiger partial charge in [-0.3, -0.25) is 10.1 Å². The fraction of sp³-hybridized carbons (Fsp3) is 0.400. The van der Waals surface area contributed by atoms with Gasteiger partial charge in [0.15, 0.2) is 0 Å². The van der Waals surface area contributed by atoms with Crippen molar-refractivity contribution in [1.29, 1.82) is 0 Å². The second-order valence-corrected chi connectivity index (χ2v) is 7.64. The number of hydrogen-bond donors (Lipinski definition) is 2. The Labute approximate surface area is 148 Å². The predicted molar refractivity (Wildman–Crippen MR) is 101 cm³/mol. The number of imide groups is 1. The third kappa shape index (κ3) is 2.95. The summed E-state index contributed by atoms with van der Waals surface area (Å²) in [6.45, 7) is 13.0. The Hall–Kier alpha value is -2.56. The summed E-state index contributed by atoms with van der Waals surface area (Å²) >= 11 is 0. The van der Waals surface area contributed by atoms with Crippen molar-refractivity contribution >= 4 is 29.3 Å². The summed E-state index contributed by atoms with van der Waals surface area (Å²) in [6.07, 6.45) is 4.02. The first kappa shape index (κ1) is 17.3. The van der Waals surface area contributed by atoms with E-state index in [-0.39, 0.29) is 17.1 Å². The largest absolute Gasteiger partial charge is 0.360 e. The average Bonchev–Trinajstić information content (AvgIpc) is 2.77. The van der Waals surface area contributed by atoms with Crippen molar-refractivity contribution in [1.82, 2.24) is 10.6 Å². The van der Waals surface area contributed by atoms with Crippen LogP contribution in [0, 0.1) is 6.92 Å². The van der Waals surface area contributed by atoms with Crippen LogP contribution in [0.2, 0.25) is 0 Å². The van der Waals surface area contributed by atoms with Gasteiger partial charge in [0.1, 0.15) is 5.70 Å². The molecule has 0 spiro atoms. The minimum atomic E-state index is -0.476. The summed E-state index contributed by atoms with van der Waals surface area (Å²) in [5.41, 5.74) is 5.81. The normalized spacial score (nSPS) is 20.5. The number of aryl methyl sites for hydroxylation is 1. The zero-order chi connectivity index (χ0) is 18.5. The summed E-state index contributed by atoms with van der Waals surface area (Å²) in [5.74, 6) is -0.390. The zero-order valence-electron chi connectivity index (χ0n) is 15.7. The Bertz CT molecular complexity index is 832. The van der Waals surface area contributed by atoms with Gasteiger partial charge in [-0.25, -0.2) is 4.79 Å². The van der Waals surface area contributed by atoms with Crippen LogP contribution in [0.1, 0.15) is 51.3 Å². The molecule has 25 heavy (non-hydrogen) atoms. The molecule has 2 heterocycles. The molecule has 1 saturated heterocycles. The van der Waals surface area contributed by atoms with Crippen LogP contribution in [0.3, 0.4) is 0 Å². The highest BCUT2D eigenvalue weighted by Gasteiger charge is 2.33. The van der Waals surface area contributed by atoms with Gasteiger partial charge in [-0.2, -0.15) is 0 Å². The number of anilines is 1. The molecule has 3 rings (SSSR count). The molecule has 5 heteroatoms. The van der Waals surface area contributed by atoms with Gasteiger partial charge in [0.2, 0.25) is 0 Å². The summed E-state index contributed by atoms with van der Waals surface area (Å²) in [7, 11) is 0. The monoisotopic (exact) mass is 339 g/mol. The van der Waals surface area contributed by atoms with Crippen molar-refractivity contribution in [3.63, 3.8) is 0 Å². The minimum Gasteiger partial charge on any atom is -0.360 e. The molecular formula is C20H25N3O2. The van der Waals surface area contributed by atoms with Gasteiger partial charge in [0.25, 0.3) is 5.91 Å². The number of carbonyl (C=O) groups is 2. The number of amides is 3. The van der Waals surface area contributed by atoms with E-state index in [4.69, 9.17) is 0 Å². The maximum absolute atomic E-state index is 11.8. The van der Waals surface area contributed by atoms with Gasteiger partial charge in [-0.05, 0) is 76.5 Å². The lowest BCUT2D eigenvalue weighted by Crippen LogP contribution is -2.49. The van der Waals surface area contributed by atoms with Gasteiger partial charge >= 0.3 is 6.03 Å². The molecule has 0 bridgehead atoms. The molecule has 1 fully saturated rings. The maximum Gasteiger partial charge on any atom is 0.326 e. The molecule has 0 saturated carbocycles. The Balaban J connectivity index is 2.13. The summed E-state index contributed by atoms with van der Waals surface area (Å²) in [4.78, 5) is 25.5. The number of carbonyl (C=O) groups excluding carboxylic acids is 2. The van der Waals surface area contributed by atoms with E-state index in [1.807, 2.05) is 6.92 Å². The number of rotatable bonds is 2. The van der Waals surface area contributed by atoms with Crippen LogP contribution in [0.25, 0.3) is 11.6 Å². The van der Waals surface area contributed by atoms with Gasteiger partial charge in [0.05, 0.1) is 5.54 Å². The summed E-state index contributed by atoms with van der Waals surface area (Å²) in [6, 6.07) is 4.16. The molecule has 5 nitrogen and oxygen atoms in total. The molecule has 0 aliphatic carbocycles. The standard InChI is InChI=1S/C20H25N3O2/c1-11(2)23-17-7-12(3)14(9-16-18(24)22-19(25)21-16)8-15(17)13(4)10-20(23,5)6/h7-11H,1-6H3,(H2,21,22,24,25)/b16-9+. The first-order valence-corrected chi connectivity index (χ1v) is 8.58.